The van der Waals surface area contributed by atoms with Gasteiger partial charge in [0.1, 0.15) is 17.2 Å². The lowest BCUT2D eigenvalue weighted by molar-refractivity contribution is -0.274. The summed E-state index contributed by atoms with van der Waals surface area (Å²) in [5, 5.41) is 10.4. The molecule has 4 rings (SSSR count). The Kier molecular flexibility index (Phi) is 5.52. The van der Waals surface area contributed by atoms with Crippen LogP contribution in [0.15, 0.2) is 66.7 Å². The van der Waals surface area contributed by atoms with Crippen molar-refractivity contribution in [3.63, 3.8) is 0 Å². The van der Waals surface area contributed by atoms with E-state index in [1.165, 1.54) is 24.3 Å². The Balaban J connectivity index is 1.78. The molecular formula is C24H18F3NO4. The molecule has 3 aromatic carbocycles. The van der Waals surface area contributed by atoms with Crippen LogP contribution in [0.25, 0.3) is 33.2 Å². The van der Waals surface area contributed by atoms with Crippen LogP contribution in [0.5, 0.6) is 11.5 Å². The number of carboxylic acids is 1. The first-order valence-electron chi connectivity index (χ1n) is 9.73. The van der Waals surface area contributed by atoms with Crippen molar-refractivity contribution in [1.82, 2.24) is 4.98 Å². The van der Waals surface area contributed by atoms with Crippen LogP contribution < -0.4 is 9.47 Å². The fourth-order valence-electron chi connectivity index (χ4n) is 3.57. The Hall–Kier alpha value is -3.94. The van der Waals surface area contributed by atoms with Crippen LogP contribution in [0.2, 0.25) is 0 Å². The maximum Gasteiger partial charge on any atom is 0.573 e. The monoisotopic (exact) mass is 441 g/mol. The van der Waals surface area contributed by atoms with E-state index in [0.717, 1.165) is 5.56 Å². The third-order valence-corrected chi connectivity index (χ3v) is 4.89. The van der Waals surface area contributed by atoms with E-state index in [9.17, 15) is 23.1 Å². The van der Waals surface area contributed by atoms with Crippen LogP contribution in [0.3, 0.4) is 0 Å². The van der Waals surface area contributed by atoms with Crippen molar-refractivity contribution in [3.05, 3.63) is 72.4 Å². The van der Waals surface area contributed by atoms with Crippen LogP contribution in [0.1, 0.15) is 17.4 Å². The Morgan fingerprint density at radius 2 is 1.50 bits per heavy atom. The zero-order valence-corrected chi connectivity index (χ0v) is 16.9. The smallest absolute Gasteiger partial charge is 0.494 e. The van der Waals surface area contributed by atoms with Gasteiger partial charge in [-0.15, -0.1) is 13.2 Å². The summed E-state index contributed by atoms with van der Waals surface area (Å²) in [6.07, 6.45) is -4.76. The van der Waals surface area contributed by atoms with Crippen molar-refractivity contribution < 1.29 is 32.5 Å². The molecule has 0 bridgehead atoms. The number of rotatable bonds is 6. The molecule has 0 amide bonds. The summed E-state index contributed by atoms with van der Waals surface area (Å²) in [5.74, 6) is -0.734. The molecule has 4 aromatic rings. The predicted octanol–water partition coefficient (Wildman–Crippen LogP) is 6.50. The summed E-state index contributed by atoms with van der Waals surface area (Å²) >= 11 is 0. The Morgan fingerprint density at radius 3 is 2.09 bits per heavy atom. The number of aromatic amines is 1. The average molecular weight is 441 g/mol. The van der Waals surface area contributed by atoms with Crippen molar-refractivity contribution in [3.8, 4) is 33.8 Å². The molecule has 5 nitrogen and oxygen atoms in total. The lowest BCUT2D eigenvalue weighted by Crippen LogP contribution is -2.16. The molecule has 0 spiro atoms. The maximum absolute atomic E-state index is 12.4. The number of nitrogens with one attached hydrogen (secondary N) is 1. The zero-order chi connectivity index (χ0) is 22.9. The van der Waals surface area contributed by atoms with Crippen molar-refractivity contribution >= 4 is 16.9 Å². The molecule has 0 unspecified atom stereocenters. The first-order chi connectivity index (χ1) is 15.2. The highest BCUT2D eigenvalue weighted by Gasteiger charge is 2.31. The summed E-state index contributed by atoms with van der Waals surface area (Å²) in [5.41, 5.74) is 3.29. The summed E-state index contributed by atoms with van der Waals surface area (Å²) < 4.78 is 46.6. The lowest BCUT2D eigenvalue weighted by Gasteiger charge is -2.10. The number of carboxylic acid groups (broad SMARTS) is 1. The maximum atomic E-state index is 12.4. The zero-order valence-electron chi connectivity index (χ0n) is 16.9. The molecule has 32 heavy (non-hydrogen) atoms. The number of aromatic nitrogens is 1. The second-order valence-corrected chi connectivity index (χ2v) is 6.97. The molecule has 0 fully saturated rings. The normalized spacial score (nSPS) is 11.5. The number of hydrogen-bond donors (Lipinski definition) is 2. The van der Waals surface area contributed by atoms with E-state index in [4.69, 9.17) is 4.74 Å². The van der Waals surface area contributed by atoms with Crippen LogP contribution in [0, 0.1) is 0 Å². The summed E-state index contributed by atoms with van der Waals surface area (Å²) in [4.78, 5) is 14.8. The molecule has 2 N–H and O–H groups in total. The number of benzene rings is 3. The summed E-state index contributed by atoms with van der Waals surface area (Å²) in [7, 11) is 0. The number of H-pyrrole nitrogens is 1. The highest BCUT2D eigenvalue weighted by atomic mass is 19.4. The van der Waals surface area contributed by atoms with Crippen molar-refractivity contribution in [2.45, 2.75) is 13.3 Å². The van der Waals surface area contributed by atoms with Crippen LogP contribution in [-0.2, 0) is 0 Å². The van der Waals surface area contributed by atoms with Crippen LogP contribution in [-0.4, -0.2) is 29.0 Å². The van der Waals surface area contributed by atoms with E-state index >= 15 is 0 Å². The fourth-order valence-corrected chi connectivity index (χ4v) is 3.57. The second-order valence-electron chi connectivity index (χ2n) is 6.97. The van der Waals surface area contributed by atoms with E-state index in [0.29, 0.717) is 39.9 Å². The van der Waals surface area contributed by atoms with E-state index in [2.05, 4.69) is 9.72 Å². The molecule has 1 aromatic heterocycles. The largest absolute Gasteiger partial charge is 0.573 e. The van der Waals surface area contributed by atoms with Crippen LogP contribution >= 0.6 is 0 Å². The molecule has 0 saturated heterocycles. The number of carbonyl (C=O) groups is 1. The molecule has 0 aliphatic carbocycles. The number of aromatic carboxylic acids is 1. The van der Waals surface area contributed by atoms with Gasteiger partial charge in [-0.2, -0.15) is 0 Å². The van der Waals surface area contributed by atoms with Crippen molar-refractivity contribution in [2.24, 2.45) is 0 Å². The van der Waals surface area contributed by atoms with E-state index < -0.39 is 12.3 Å². The van der Waals surface area contributed by atoms with Gasteiger partial charge in [0.25, 0.3) is 0 Å². The third-order valence-electron chi connectivity index (χ3n) is 4.89. The van der Waals surface area contributed by atoms with E-state index in [1.54, 1.807) is 36.4 Å². The van der Waals surface area contributed by atoms with Gasteiger partial charge in [0.2, 0.25) is 0 Å². The van der Waals surface area contributed by atoms with Gasteiger partial charge < -0.3 is 19.6 Å². The quantitative estimate of drug-likeness (QED) is 0.358. The lowest BCUT2D eigenvalue weighted by atomic mass is 9.98. The third kappa shape index (κ3) is 4.39. The number of fused-ring (bicyclic) bond motifs is 1. The van der Waals surface area contributed by atoms with Gasteiger partial charge in [-0.1, -0.05) is 30.3 Å². The summed E-state index contributed by atoms with van der Waals surface area (Å²) in [6.45, 7) is 2.39. The molecule has 0 saturated carbocycles. The highest BCUT2D eigenvalue weighted by Crippen LogP contribution is 2.36. The summed E-state index contributed by atoms with van der Waals surface area (Å²) in [6, 6.07) is 17.9. The van der Waals surface area contributed by atoms with Gasteiger partial charge in [0, 0.05) is 16.5 Å². The Labute approximate surface area is 181 Å². The number of hydrogen-bond acceptors (Lipinski definition) is 3. The molecule has 0 aliphatic rings. The Bertz CT molecular complexity index is 1260. The standard InChI is InChI=1S/C24H18F3NO4/c1-2-31-17-8-5-15(6-9-17)21-19-13-16(7-12-20(19)28-22(21)23(29)30)14-3-10-18(11-4-14)32-24(25,26)27/h3-13,28H,2H2,1H3,(H,29,30). The van der Waals surface area contributed by atoms with Crippen molar-refractivity contribution in [2.75, 3.05) is 6.61 Å². The minimum absolute atomic E-state index is 0.0511. The van der Waals surface area contributed by atoms with E-state index in [-0.39, 0.29) is 11.4 Å². The second kappa shape index (κ2) is 8.30. The minimum Gasteiger partial charge on any atom is -0.494 e. The van der Waals surface area contributed by atoms with Gasteiger partial charge in [0.05, 0.1) is 6.61 Å². The first-order valence-corrected chi connectivity index (χ1v) is 9.73. The highest BCUT2D eigenvalue weighted by molar-refractivity contribution is 6.08. The van der Waals surface area contributed by atoms with Gasteiger partial charge in [-0.05, 0) is 60.0 Å². The number of ether oxygens (including phenoxy) is 2. The van der Waals surface area contributed by atoms with Gasteiger partial charge in [-0.3, -0.25) is 0 Å². The molecule has 0 radical (unpaired) electrons. The van der Waals surface area contributed by atoms with Gasteiger partial charge in [0.15, 0.2) is 0 Å². The molecule has 8 heteroatoms. The number of halogens is 3. The molecule has 1 heterocycles. The topological polar surface area (TPSA) is 71.5 Å². The first kappa shape index (κ1) is 21.3. The van der Waals surface area contributed by atoms with Gasteiger partial charge in [-0.25, -0.2) is 4.79 Å². The molecular weight excluding hydrogens is 423 g/mol. The minimum atomic E-state index is -4.76. The predicted molar refractivity (Wildman–Crippen MR) is 114 cm³/mol. The van der Waals surface area contributed by atoms with Gasteiger partial charge >= 0.3 is 12.3 Å². The number of alkyl halides is 3. The van der Waals surface area contributed by atoms with E-state index in [1.807, 2.05) is 13.0 Å². The fraction of sp³-hybridized carbons (Fsp3) is 0.125. The molecule has 164 valence electrons. The molecule has 0 aliphatic heterocycles. The van der Waals surface area contributed by atoms with Crippen molar-refractivity contribution in [1.29, 1.82) is 0 Å². The average Bonchev–Trinajstić information content (AvgIpc) is 3.13. The Morgan fingerprint density at radius 1 is 0.906 bits per heavy atom. The SMILES string of the molecule is CCOc1ccc(-c2c(C(=O)O)[nH]c3ccc(-c4ccc(OC(F)(F)F)cc4)cc23)cc1. The molecule has 0 atom stereocenters. The van der Waals surface area contributed by atoms with Crippen LogP contribution in [0.4, 0.5) is 13.2 Å².